The Kier molecular flexibility index (Phi) is 4.30. The molecule has 0 fully saturated rings. The first kappa shape index (κ1) is 10.9. The maximum Gasteiger partial charge on any atom is 0.302 e. The van der Waals surface area contributed by atoms with Crippen LogP contribution in [0.4, 0.5) is 0 Å². The highest BCUT2D eigenvalue weighted by atomic mass is 16.5. The van der Waals surface area contributed by atoms with E-state index in [4.69, 9.17) is 10.4 Å². The number of carbonyl (C=O) groups excluding carboxylic acids is 1. The molecule has 12 heavy (non-hydrogen) atoms. The molecule has 1 N–H and O–H groups in total. The van der Waals surface area contributed by atoms with Crippen molar-refractivity contribution < 1.29 is 14.6 Å². The molecule has 0 heterocycles. The first-order valence-electron chi connectivity index (χ1n) is 3.75. The third kappa shape index (κ3) is 2.89. The van der Waals surface area contributed by atoms with Crippen LogP contribution in [-0.2, 0) is 9.53 Å². The topological polar surface area (TPSA) is 70.3 Å². The minimum Gasteiger partial charge on any atom is -0.464 e. The Hall–Kier alpha value is -1.08. The summed E-state index contributed by atoms with van der Waals surface area (Å²) in [6, 6.07) is 1.94. The quantitative estimate of drug-likeness (QED) is 0.624. The van der Waals surface area contributed by atoms with Gasteiger partial charge in [0.1, 0.15) is 12.0 Å². The van der Waals surface area contributed by atoms with Gasteiger partial charge in [-0.1, -0.05) is 6.92 Å². The van der Waals surface area contributed by atoms with Crippen LogP contribution < -0.4 is 0 Å². The van der Waals surface area contributed by atoms with Gasteiger partial charge in [0.15, 0.2) is 0 Å². The summed E-state index contributed by atoms with van der Waals surface area (Å²) in [5.74, 6) is -0.434. The molecule has 1 unspecified atom stereocenters. The van der Waals surface area contributed by atoms with E-state index in [1.54, 1.807) is 6.92 Å². The molecule has 68 valence electrons. The fraction of sp³-hybridized carbons (Fsp3) is 0.750. The van der Waals surface area contributed by atoms with E-state index in [1.807, 2.05) is 6.07 Å². The van der Waals surface area contributed by atoms with Gasteiger partial charge in [-0.15, -0.1) is 0 Å². The second-order valence-electron chi connectivity index (χ2n) is 2.68. The lowest BCUT2D eigenvalue weighted by Gasteiger charge is -2.20. The summed E-state index contributed by atoms with van der Waals surface area (Å²) in [4.78, 5) is 10.4. The normalized spacial score (nSPS) is 14.5. The zero-order valence-corrected chi connectivity index (χ0v) is 7.33. The summed E-state index contributed by atoms with van der Waals surface area (Å²) in [6.45, 7) is 2.72. The van der Waals surface area contributed by atoms with Crippen LogP contribution in [0.25, 0.3) is 0 Å². The molecule has 0 rings (SSSR count). The molecule has 1 atom stereocenters. The van der Waals surface area contributed by atoms with Crippen LogP contribution in [0.2, 0.25) is 0 Å². The molecule has 0 spiro atoms. The molecule has 0 aromatic carbocycles. The minimum atomic E-state index is -0.925. The number of rotatable bonds is 4. The lowest BCUT2D eigenvalue weighted by Crippen LogP contribution is -2.29. The Bertz CT molecular complexity index is 191. The van der Waals surface area contributed by atoms with Gasteiger partial charge in [-0.3, -0.25) is 4.79 Å². The molecule has 0 bridgehead atoms. The number of aliphatic hydroxyl groups is 1. The van der Waals surface area contributed by atoms with Crippen molar-refractivity contribution in [3.63, 3.8) is 0 Å². The summed E-state index contributed by atoms with van der Waals surface area (Å²) in [5, 5.41) is 17.6. The third-order valence-corrected chi connectivity index (χ3v) is 1.77. The van der Waals surface area contributed by atoms with Gasteiger partial charge < -0.3 is 9.84 Å². The van der Waals surface area contributed by atoms with Crippen LogP contribution >= 0.6 is 0 Å². The van der Waals surface area contributed by atoms with Crippen LogP contribution in [-0.4, -0.2) is 24.3 Å². The predicted molar refractivity (Wildman–Crippen MR) is 42.1 cm³/mol. The van der Waals surface area contributed by atoms with Gasteiger partial charge >= 0.3 is 5.97 Å². The number of hydrogen-bond donors (Lipinski definition) is 1. The molecule has 0 amide bonds. The monoisotopic (exact) mass is 171 g/mol. The first-order valence-corrected chi connectivity index (χ1v) is 3.75. The molecule has 4 nitrogen and oxygen atoms in total. The molecule has 0 aromatic heterocycles. The van der Waals surface area contributed by atoms with Crippen LogP contribution in [0.5, 0.6) is 0 Å². The smallest absolute Gasteiger partial charge is 0.302 e. The van der Waals surface area contributed by atoms with Crippen molar-refractivity contribution in [1.29, 1.82) is 5.26 Å². The summed E-state index contributed by atoms with van der Waals surface area (Å²) in [7, 11) is 0. The molecule has 0 radical (unpaired) electrons. The van der Waals surface area contributed by atoms with E-state index in [2.05, 4.69) is 4.74 Å². The van der Waals surface area contributed by atoms with E-state index in [0.717, 1.165) is 0 Å². The average molecular weight is 171 g/mol. The second kappa shape index (κ2) is 4.73. The van der Waals surface area contributed by atoms with E-state index in [0.29, 0.717) is 6.42 Å². The Balaban J connectivity index is 4.14. The zero-order valence-electron chi connectivity index (χ0n) is 7.33. The van der Waals surface area contributed by atoms with Crippen molar-refractivity contribution in [1.82, 2.24) is 0 Å². The van der Waals surface area contributed by atoms with Crippen LogP contribution in [0.15, 0.2) is 0 Å². The maximum atomic E-state index is 10.4. The number of nitriles is 1. The van der Waals surface area contributed by atoms with Crippen molar-refractivity contribution in [2.24, 2.45) is 5.41 Å². The highest BCUT2D eigenvalue weighted by Crippen LogP contribution is 2.20. The van der Waals surface area contributed by atoms with Crippen LogP contribution in [0.1, 0.15) is 20.3 Å². The van der Waals surface area contributed by atoms with E-state index in [-0.39, 0.29) is 13.2 Å². The molecule has 0 saturated heterocycles. The molecular formula is C8H13NO3. The summed E-state index contributed by atoms with van der Waals surface area (Å²) in [5.41, 5.74) is -0.925. The van der Waals surface area contributed by atoms with E-state index >= 15 is 0 Å². The minimum absolute atomic E-state index is 0.0359. The number of nitrogens with zero attached hydrogens (tertiary/aromatic N) is 1. The molecule has 0 aliphatic rings. The Labute approximate surface area is 71.8 Å². The Morgan fingerprint density at radius 3 is 2.58 bits per heavy atom. The maximum absolute atomic E-state index is 10.4. The molecule has 4 heteroatoms. The average Bonchev–Trinajstić information content (AvgIpc) is 2.08. The van der Waals surface area contributed by atoms with Gasteiger partial charge in [0.05, 0.1) is 12.7 Å². The van der Waals surface area contributed by atoms with E-state index in [9.17, 15) is 4.79 Å². The number of ether oxygens (including phenoxy) is 1. The van der Waals surface area contributed by atoms with Gasteiger partial charge in [-0.25, -0.2) is 0 Å². The van der Waals surface area contributed by atoms with Crippen molar-refractivity contribution in [2.45, 2.75) is 20.3 Å². The van der Waals surface area contributed by atoms with E-state index < -0.39 is 11.4 Å². The van der Waals surface area contributed by atoms with Gasteiger partial charge in [0.25, 0.3) is 0 Å². The Morgan fingerprint density at radius 1 is 1.75 bits per heavy atom. The van der Waals surface area contributed by atoms with Crippen molar-refractivity contribution >= 4 is 5.97 Å². The summed E-state index contributed by atoms with van der Waals surface area (Å²) < 4.78 is 4.66. The number of hydrogen-bond acceptors (Lipinski definition) is 4. The molecule has 0 saturated carbocycles. The number of esters is 1. The van der Waals surface area contributed by atoms with Gasteiger partial charge in [-0.2, -0.15) is 5.26 Å². The van der Waals surface area contributed by atoms with Crippen molar-refractivity contribution in [2.75, 3.05) is 13.2 Å². The SMILES string of the molecule is CCC(C#N)(CO)COC(C)=O. The highest BCUT2D eigenvalue weighted by Gasteiger charge is 2.28. The van der Waals surface area contributed by atoms with Gasteiger partial charge in [-0.05, 0) is 6.42 Å². The van der Waals surface area contributed by atoms with Crippen LogP contribution in [0, 0.1) is 16.7 Å². The fourth-order valence-corrected chi connectivity index (χ4v) is 0.646. The number of carbonyl (C=O) groups is 1. The standard InChI is InChI=1S/C8H13NO3/c1-3-8(4-9,5-10)6-12-7(2)11/h10H,3,5-6H2,1-2H3. The summed E-state index contributed by atoms with van der Waals surface area (Å²) >= 11 is 0. The molecule has 0 aromatic rings. The highest BCUT2D eigenvalue weighted by molar-refractivity contribution is 5.65. The van der Waals surface area contributed by atoms with Crippen LogP contribution in [0.3, 0.4) is 0 Å². The zero-order chi connectivity index (χ0) is 9.61. The largest absolute Gasteiger partial charge is 0.464 e. The molecule has 0 aliphatic carbocycles. The lowest BCUT2D eigenvalue weighted by molar-refractivity contribution is -0.144. The van der Waals surface area contributed by atoms with Crippen molar-refractivity contribution in [3.05, 3.63) is 0 Å². The van der Waals surface area contributed by atoms with Crippen molar-refractivity contribution in [3.8, 4) is 6.07 Å². The molecular weight excluding hydrogens is 158 g/mol. The first-order chi connectivity index (χ1) is 5.60. The lowest BCUT2D eigenvalue weighted by atomic mass is 9.89. The summed E-state index contributed by atoms with van der Waals surface area (Å²) in [6.07, 6.45) is 0.466. The Morgan fingerprint density at radius 2 is 2.33 bits per heavy atom. The van der Waals surface area contributed by atoms with Gasteiger partial charge in [0.2, 0.25) is 0 Å². The van der Waals surface area contributed by atoms with Gasteiger partial charge in [0, 0.05) is 6.92 Å². The molecule has 0 aliphatic heterocycles. The predicted octanol–water partition coefficient (Wildman–Crippen LogP) is 0.462. The van der Waals surface area contributed by atoms with E-state index in [1.165, 1.54) is 6.92 Å². The second-order valence-corrected chi connectivity index (χ2v) is 2.68. The third-order valence-electron chi connectivity index (χ3n) is 1.77. The number of aliphatic hydroxyl groups excluding tert-OH is 1. The fourth-order valence-electron chi connectivity index (χ4n) is 0.646.